The van der Waals surface area contributed by atoms with Crippen LogP contribution in [-0.2, 0) is 0 Å². The molecular weight excluding hydrogens is 188 g/mol. The zero-order valence-corrected chi connectivity index (χ0v) is 6.40. The summed E-state index contributed by atoms with van der Waals surface area (Å²) in [5.41, 5.74) is 0. The molecule has 0 aliphatic carbocycles. The number of alkyl halides is 2. The molecule has 0 aliphatic heterocycles. The van der Waals surface area contributed by atoms with E-state index < -0.39 is 24.6 Å². The van der Waals surface area contributed by atoms with Crippen LogP contribution in [-0.4, -0.2) is 18.0 Å². The average molecular weight is 194 g/mol. The summed E-state index contributed by atoms with van der Waals surface area (Å²) in [6, 6.07) is 0.570. The predicted molar refractivity (Wildman–Crippen MR) is 38.6 cm³/mol. The van der Waals surface area contributed by atoms with Crippen LogP contribution in [0.25, 0.3) is 0 Å². The van der Waals surface area contributed by atoms with Gasteiger partial charge in [0.2, 0.25) is 0 Å². The highest BCUT2D eigenvalue weighted by atomic mass is 19.3. The number of hydrogen-bond donors (Lipinski definition) is 1. The fourth-order valence-corrected chi connectivity index (χ4v) is 0.718. The molecule has 0 unspecified atom stereocenters. The molecule has 0 atom stereocenters. The molecule has 0 aliphatic rings. The highest BCUT2D eigenvalue weighted by Crippen LogP contribution is 2.11. The molecule has 0 radical (unpaired) electrons. The molecule has 2 nitrogen and oxygen atoms in total. The molecule has 1 aromatic rings. The van der Waals surface area contributed by atoms with E-state index in [2.05, 4.69) is 4.98 Å². The predicted octanol–water partition coefficient (Wildman–Crippen LogP) is 2.04. The second-order valence-electron chi connectivity index (χ2n) is 2.26. The van der Waals surface area contributed by atoms with E-state index in [0.29, 0.717) is 6.07 Å². The second kappa shape index (κ2) is 4.06. The quantitative estimate of drug-likeness (QED) is 0.744. The van der Waals surface area contributed by atoms with Crippen molar-refractivity contribution in [1.29, 1.82) is 0 Å². The molecule has 13 heavy (non-hydrogen) atoms. The van der Waals surface area contributed by atoms with Gasteiger partial charge in [-0.2, -0.15) is 0 Å². The summed E-state index contributed by atoms with van der Waals surface area (Å²) in [6.07, 6.45) is -1.86. The maximum absolute atomic E-state index is 12.7. The van der Waals surface area contributed by atoms with Gasteiger partial charge < -0.3 is 5.32 Å². The molecule has 0 bridgehead atoms. The summed E-state index contributed by atoms with van der Waals surface area (Å²) >= 11 is 0. The maximum Gasteiger partial charge on any atom is 0.255 e. The van der Waals surface area contributed by atoms with E-state index in [1.807, 2.05) is 5.32 Å². The third kappa shape index (κ3) is 2.89. The Morgan fingerprint density at radius 2 is 2.08 bits per heavy atom. The minimum atomic E-state index is -2.61. The first-order valence-corrected chi connectivity index (χ1v) is 3.42. The van der Waals surface area contributed by atoms with Crippen molar-refractivity contribution in [3.63, 3.8) is 0 Å². The van der Waals surface area contributed by atoms with E-state index >= 15 is 0 Å². The van der Waals surface area contributed by atoms with Gasteiger partial charge in [-0.15, -0.1) is 0 Å². The minimum Gasteiger partial charge on any atom is -0.362 e. The number of nitrogens with one attached hydrogen (secondary N) is 1. The van der Waals surface area contributed by atoms with E-state index in [1.165, 1.54) is 0 Å². The van der Waals surface area contributed by atoms with Crippen LogP contribution in [0.1, 0.15) is 0 Å². The molecule has 0 spiro atoms. The molecule has 1 rings (SSSR count). The van der Waals surface area contributed by atoms with Crippen LogP contribution in [0.4, 0.5) is 23.4 Å². The zero-order chi connectivity index (χ0) is 9.84. The van der Waals surface area contributed by atoms with Crippen LogP contribution >= 0.6 is 0 Å². The number of pyridine rings is 1. The molecule has 0 amide bonds. The van der Waals surface area contributed by atoms with Gasteiger partial charge >= 0.3 is 0 Å². The Balaban J connectivity index is 2.67. The van der Waals surface area contributed by atoms with Crippen molar-refractivity contribution in [2.24, 2.45) is 0 Å². The Morgan fingerprint density at radius 1 is 1.38 bits per heavy atom. The Morgan fingerprint density at radius 3 is 2.62 bits per heavy atom. The monoisotopic (exact) mass is 194 g/mol. The number of hydrogen-bond acceptors (Lipinski definition) is 2. The van der Waals surface area contributed by atoms with Crippen molar-refractivity contribution in [2.45, 2.75) is 6.43 Å². The highest BCUT2D eigenvalue weighted by molar-refractivity contribution is 5.35. The van der Waals surface area contributed by atoms with Gasteiger partial charge in [0, 0.05) is 6.07 Å². The normalized spacial score (nSPS) is 10.5. The van der Waals surface area contributed by atoms with Crippen LogP contribution in [0.2, 0.25) is 0 Å². The number of rotatable bonds is 3. The largest absolute Gasteiger partial charge is 0.362 e. The summed E-state index contributed by atoms with van der Waals surface area (Å²) in [7, 11) is 0. The van der Waals surface area contributed by atoms with E-state index in [1.54, 1.807) is 0 Å². The van der Waals surface area contributed by atoms with Crippen molar-refractivity contribution in [2.75, 3.05) is 11.9 Å². The van der Waals surface area contributed by atoms with Gasteiger partial charge in [0.1, 0.15) is 5.82 Å². The van der Waals surface area contributed by atoms with Crippen LogP contribution in [0.5, 0.6) is 0 Å². The average Bonchev–Trinajstić information content (AvgIpc) is 2.02. The number of nitrogens with zero attached hydrogens (tertiary/aromatic N) is 1. The van der Waals surface area contributed by atoms with E-state index in [9.17, 15) is 17.6 Å². The highest BCUT2D eigenvalue weighted by Gasteiger charge is 2.07. The molecule has 1 aromatic heterocycles. The van der Waals surface area contributed by atoms with Gasteiger partial charge in [-0.1, -0.05) is 0 Å². The summed E-state index contributed by atoms with van der Waals surface area (Å²) in [5.74, 6) is -2.21. The Kier molecular flexibility index (Phi) is 3.05. The first kappa shape index (κ1) is 9.76. The van der Waals surface area contributed by atoms with Gasteiger partial charge in [0.05, 0.1) is 12.7 Å². The van der Waals surface area contributed by atoms with E-state index in [-0.39, 0.29) is 5.82 Å². The fraction of sp³-hybridized carbons (Fsp3) is 0.286. The van der Waals surface area contributed by atoms with Crippen molar-refractivity contribution in [3.05, 3.63) is 23.9 Å². The summed E-state index contributed by atoms with van der Waals surface area (Å²) < 4.78 is 48.2. The lowest BCUT2D eigenvalue weighted by Crippen LogP contribution is -2.12. The lowest BCUT2D eigenvalue weighted by molar-refractivity contribution is 0.163. The minimum absolute atomic E-state index is 0.373. The number of aromatic nitrogens is 1. The van der Waals surface area contributed by atoms with Crippen molar-refractivity contribution < 1.29 is 17.6 Å². The molecule has 6 heteroatoms. The molecule has 0 saturated carbocycles. The Hall–Kier alpha value is -1.33. The maximum atomic E-state index is 12.7. The molecule has 1 heterocycles. The third-order valence-corrected chi connectivity index (χ3v) is 1.23. The zero-order valence-electron chi connectivity index (χ0n) is 6.40. The van der Waals surface area contributed by atoms with Crippen LogP contribution in [0.3, 0.4) is 0 Å². The lowest BCUT2D eigenvalue weighted by atomic mass is 10.4. The summed E-state index contributed by atoms with van der Waals surface area (Å²) in [5, 5.41) is 2.04. The standard InChI is InChI=1S/C7H6F4N2/c8-4-1-5(9)7(12-2-4)13-3-6(10)11/h1-2,6H,3H2,(H,12,13). The van der Waals surface area contributed by atoms with Crippen LogP contribution in [0.15, 0.2) is 12.3 Å². The van der Waals surface area contributed by atoms with Gasteiger partial charge in [0.25, 0.3) is 6.43 Å². The van der Waals surface area contributed by atoms with Crippen LogP contribution < -0.4 is 5.32 Å². The molecular formula is C7H6F4N2. The molecule has 0 fully saturated rings. The summed E-state index contributed by atoms with van der Waals surface area (Å²) in [6.45, 7) is -0.713. The number of anilines is 1. The Labute approximate surface area is 71.6 Å². The fourth-order valence-electron chi connectivity index (χ4n) is 0.718. The first-order valence-electron chi connectivity index (χ1n) is 3.42. The number of halogens is 4. The smallest absolute Gasteiger partial charge is 0.255 e. The van der Waals surface area contributed by atoms with Crippen molar-refractivity contribution >= 4 is 5.82 Å². The van der Waals surface area contributed by atoms with Gasteiger partial charge in [-0.25, -0.2) is 22.5 Å². The Bertz CT molecular complexity index is 290. The summed E-state index contributed by atoms with van der Waals surface area (Å²) in [4.78, 5) is 3.26. The van der Waals surface area contributed by atoms with E-state index in [0.717, 1.165) is 6.20 Å². The van der Waals surface area contributed by atoms with Gasteiger partial charge in [0.15, 0.2) is 11.6 Å². The lowest BCUT2D eigenvalue weighted by Gasteiger charge is -2.04. The SMILES string of the molecule is Fc1cnc(NCC(F)F)c(F)c1. The van der Waals surface area contributed by atoms with Crippen molar-refractivity contribution in [3.8, 4) is 0 Å². The first-order chi connectivity index (χ1) is 6.09. The molecule has 1 N–H and O–H groups in total. The molecule has 0 saturated heterocycles. The van der Waals surface area contributed by atoms with Gasteiger partial charge in [-0.05, 0) is 0 Å². The van der Waals surface area contributed by atoms with Crippen molar-refractivity contribution in [1.82, 2.24) is 4.98 Å². The topological polar surface area (TPSA) is 24.9 Å². The molecule has 0 aromatic carbocycles. The van der Waals surface area contributed by atoms with E-state index in [4.69, 9.17) is 0 Å². The second-order valence-corrected chi connectivity index (χ2v) is 2.26. The molecule has 72 valence electrons. The van der Waals surface area contributed by atoms with Gasteiger partial charge in [-0.3, -0.25) is 0 Å². The third-order valence-electron chi connectivity index (χ3n) is 1.23. The van der Waals surface area contributed by atoms with Crippen LogP contribution in [0, 0.1) is 11.6 Å².